The molecule has 116 valence electrons. The van der Waals surface area contributed by atoms with Crippen LogP contribution in [0.2, 0.25) is 0 Å². The molecular formula is C15H16N2O4S. The number of aliphatic hydroxyl groups is 1. The zero-order chi connectivity index (χ0) is 15.0. The van der Waals surface area contributed by atoms with E-state index in [0.29, 0.717) is 36.8 Å². The molecule has 1 aromatic heterocycles. The van der Waals surface area contributed by atoms with Crippen LogP contribution in [0.3, 0.4) is 0 Å². The minimum Gasteiger partial charge on any atom is -0.485 e. The molecule has 1 unspecified atom stereocenters. The Morgan fingerprint density at radius 3 is 2.77 bits per heavy atom. The number of para-hydroxylation sites is 2. The van der Waals surface area contributed by atoms with E-state index in [0.717, 1.165) is 11.5 Å². The number of rotatable bonds is 2. The minimum absolute atomic E-state index is 0.283. The van der Waals surface area contributed by atoms with Gasteiger partial charge in [-0.05, 0) is 36.5 Å². The van der Waals surface area contributed by atoms with E-state index in [4.69, 9.17) is 14.0 Å². The summed E-state index contributed by atoms with van der Waals surface area (Å²) >= 11 is 1.82. The van der Waals surface area contributed by atoms with Gasteiger partial charge in [0.2, 0.25) is 5.82 Å². The largest absolute Gasteiger partial charge is 0.485 e. The van der Waals surface area contributed by atoms with E-state index in [9.17, 15) is 5.11 Å². The Bertz CT molecular complexity index is 669. The van der Waals surface area contributed by atoms with Crippen molar-refractivity contribution >= 4 is 11.8 Å². The molecule has 1 N–H and O–H groups in total. The van der Waals surface area contributed by atoms with E-state index < -0.39 is 11.7 Å². The van der Waals surface area contributed by atoms with Crippen LogP contribution < -0.4 is 9.47 Å². The summed E-state index contributed by atoms with van der Waals surface area (Å²) in [5.41, 5.74) is -1.01. The van der Waals surface area contributed by atoms with Crippen LogP contribution in [0.1, 0.15) is 30.7 Å². The van der Waals surface area contributed by atoms with Crippen molar-refractivity contribution in [2.24, 2.45) is 0 Å². The van der Waals surface area contributed by atoms with E-state index in [1.54, 1.807) is 0 Å². The lowest BCUT2D eigenvalue weighted by atomic mass is 9.97. The van der Waals surface area contributed by atoms with Crippen molar-refractivity contribution in [2.45, 2.75) is 24.5 Å². The lowest BCUT2D eigenvalue weighted by Crippen LogP contribution is -2.31. The second kappa shape index (κ2) is 5.48. The third kappa shape index (κ3) is 2.44. The molecule has 0 radical (unpaired) electrons. The predicted molar refractivity (Wildman–Crippen MR) is 80.1 cm³/mol. The van der Waals surface area contributed by atoms with Gasteiger partial charge in [0.05, 0.1) is 0 Å². The Morgan fingerprint density at radius 2 is 1.95 bits per heavy atom. The van der Waals surface area contributed by atoms with Crippen molar-refractivity contribution in [1.82, 2.24) is 10.1 Å². The third-order valence-corrected chi connectivity index (χ3v) is 4.94. The summed E-state index contributed by atoms with van der Waals surface area (Å²) in [6.07, 6.45) is 0.836. The number of aromatic nitrogens is 2. The average molecular weight is 320 g/mol. The van der Waals surface area contributed by atoms with Crippen LogP contribution in [0.25, 0.3) is 0 Å². The molecule has 3 heterocycles. The second-order valence-electron chi connectivity index (χ2n) is 5.47. The van der Waals surface area contributed by atoms with Gasteiger partial charge < -0.3 is 19.1 Å². The summed E-state index contributed by atoms with van der Waals surface area (Å²) in [6.45, 7) is 0.324. The zero-order valence-corrected chi connectivity index (χ0v) is 12.7. The van der Waals surface area contributed by atoms with E-state index >= 15 is 0 Å². The highest BCUT2D eigenvalue weighted by Gasteiger charge is 2.38. The van der Waals surface area contributed by atoms with Gasteiger partial charge in [-0.25, -0.2) is 0 Å². The highest BCUT2D eigenvalue weighted by atomic mass is 32.2. The van der Waals surface area contributed by atoms with Crippen molar-refractivity contribution < 1.29 is 19.1 Å². The molecular weight excluding hydrogens is 304 g/mol. The quantitative estimate of drug-likeness (QED) is 0.909. The average Bonchev–Trinajstić information content (AvgIpc) is 3.06. The lowest BCUT2D eigenvalue weighted by Gasteiger charge is -2.27. The topological polar surface area (TPSA) is 77.6 Å². The predicted octanol–water partition coefficient (Wildman–Crippen LogP) is 2.30. The SMILES string of the molecule is OC1(c2nc(C3COc4ccccc4O3)no2)CCSCC1. The first-order valence-electron chi connectivity index (χ1n) is 7.27. The molecule has 0 spiro atoms. The standard InChI is InChI=1S/C15H16N2O4S/c18-15(5-7-22-8-6-15)14-16-13(17-21-14)12-9-19-10-3-1-2-4-11(10)20-12/h1-4,12,18H,5-9H2. The molecule has 0 aliphatic carbocycles. The first-order chi connectivity index (χ1) is 10.7. The van der Waals surface area contributed by atoms with Gasteiger partial charge in [-0.2, -0.15) is 16.7 Å². The van der Waals surface area contributed by atoms with E-state index in [-0.39, 0.29) is 5.89 Å². The van der Waals surface area contributed by atoms with Crippen LogP contribution >= 0.6 is 11.8 Å². The number of benzene rings is 1. The molecule has 2 aromatic rings. The first kappa shape index (κ1) is 13.9. The molecule has 7 heteroatoms. The van der Waals surface area contributed by atoms with Gasteiger partial charge in [0.1, 0.15) is 12.2 Å². The van der Waals surface area contributed by atoms with Gasteiger partial charge >= 0.3 is 0 Å². The van der Waals surface area contributed by atoms with Crippen molar-refractivity contribution in [2.75, 3.05) is 18.1 Å². The van der Waals surface area contributed by atoms with Crippen LogP contribution in [0, 0.1) is 0 Å². The van der Waals surface area contributed by atoms with Gasteiger partial charge in [0.25, 0.3) is 5.89 Å². The highest BCUT2D eigenvalue weighted by molar-refractivity contribution is 7.99. The van der Waals surface area contributed by atoms with E-state index in [1.807, 2.05) is 36.0 Å². The number of hydrogen-bond donors (Lipinski definition) is 1. The Morgan fingerprint density at radius 1 is 1.18 bits per heavy atom. The van der Waals surface area contributed by atoms with Gasteiger partial charge in [-0.1, -0.05) is 17.3 Å². The summed E-state index contributed by atoms with van der Waals surface area (Å²) < 4.78 is 16.8. The highest BCUT2D eigenvalue weighted by Crippen LogP contribution is 2.37. The van der Waals surface area contributed by atoms with E-state index in [2.05, 4.69) is 10.1 Å². The summed E-state index contributed by atoms with van der Waals surface area (Å²) in [5.74, 6) is 3.86. The number of fused-ring (bicyclic) bond motifs is 1. The molecule has 1 saturated heterocycles. The van der Waals surface area contributed by atoms with Crippen molar-refractivity contribution in [1.29, 1.82) is 0 Å². The molecule has 0 amide bonds. The fourth-order valence-electron chi connectivity index (χ4n) is 2.62. The molecule has 22 heavy (non-hydrogen) atoms. The number of ether oxygens (including phenoxy) is 2. The van der Waals surface area contributed by atoms with Gasteiger partial charge in [0.15, 0.2) is 17.6 Å². The van der Waals surface area contributed by atoms with Crippen LogP contribution in [-0.4, -0.2) is 33.4 Å². The molecule has 2 aliphatic heterocycles. The number of thioether (sulfide) groups is 1. The van der Waals surface area contributed by atoms with Crippen LogP contribution in [0.5, 0.6) is 11.5 Å². The Hall–Kier alpha value is -1.73. The smallest absolute Gasteiger partial charge is 0.258 e. The van der Waals surface area contributed by atoms with Crippen LogP contribution in [0.4, 0.5) is 0 Å². The second-order valence-corrected chi connectivity index (χ2v) is 6.69. The summed E-state index contributed by atoms with van der Waals surface area (Å²) in [7, 11) is 0. The molecule has 1 fully saturated rings. The Kier molecular flexibility index (Phi) is 3.46. The zero-order valence-electron chi connectivity index (χ0n) is 11.9. The molecule has 1 atom stereocenters. The number of hydrogen-bond acceptors (Lipinski definition) is 7. The fraction of sp³-hybridized carbons (Fsp3) is 0.467. The maximum atomic E-state index is 10.6. The van der Waals surface area contributed by atoms with Crippen LogP contribution in [0.15, 0.2) is 28.8 Å². The molecule has 1 aromatic carbocycles. The maximum Gasteiger partial charge on any atom is 0.258 e. The molecule has 0 saturated carbocycles. The minimum atomic E-state index is -1.01. The maximum absolute atomic E-state index is 10.6. The normalized spacial score (nSPS) is 23.2. The third-order valence-electron chi connectivity index (χ3n) is 3.96. The lowest BCUT2D eigenvalue weighted by molar-refractivity contribution is -0.00351. The Balaban J connectivity index is 1.55. The van der Waals surface area contributed by atoms with Crippen molar-refractivity contribution in [3.05, 3.63) is 36.0 Å². The van der Waals surface area contributed by atoms with Gasteiger partial charge in [-0.3, -0.25) is 0 Å². The van der Waals surface area contributed by atoms with Crippen LogP contribution in [-0.2, 0) is 5.60 Å². The van der Waals surface area contributed by atoms with E-state index in [1.165, 1.54) is 0 Å². The fourth-order valence-corrected chi connectivity index (χ4v) is 3.79. The van der Waals surface area contributed by atoms with Crippen molar-refractivity contribution in [3.8, 4) is 11.5 Å². The van der Waals surface area contributed by atoms with Gasteiger partial charge in [-0.15, -0.1) is 0 Å². The molecule has 0 bridgehead atoms. The monoisotopic (exact) mass is 320 g/mol. The Labute approximate surface area is 131 Å². The summed E-state index contributed by atoms with van der Waals surface area (Å²) in [4.78, 5) is 4.36. The molecule has 2 aliphatic rings. The van der Waals surface area contributed by atoms with Gasteiger partial charge in [0, 0.05) is 0 Å². The summed E-state index contributed by atoms with van der Waals surface area (Å²) in [5, 5.41) is 14.6. The van der Waals surface area contributed by atoms with Crippen molar-refractivity contribution in [3.63, 3.8) is 0 Å². The molecule has 4 rings (SSSR count). The first-order valence-corrected chi connectivity index (χ1v) is 8.43. The number of nitrogens with zero attached hydrogens (tertiary/aromatic N) is 2. The summed E-state index contributed by atoms with van der Waals surface area (Å²) in [6, 6.07) is 7.48. The molecule has 6 nitrogen and oxygen atoms in total.